The molecular formula is C29H30F2N4O2. The lowest BCUT2D eigenvalue weighted by Crippen LogP contribution is -2.36. The number of amides is 2. The molecule has 2 N–H and O–H groups in total. The zero-order valence-electron chi connectivity index (χ0n) is 20.9. The summed E-state index contributed by atoms with van der Waals surface area (Å²) in [5, 5.41) is 7.14. The predicted molar refractivity (Wildman–Crippen MR) is 143 cm³/mol. The molecule has 8 heteroatoms. The number of halogens is 2. The summed E-state index contributed by atoms with van der Waals surface area (Å²) in [6.07, 6.45) is 3.21. The fourth-order valence-corrected chi connectivity index (χ4v) is 4.14. The van der Waals surface area contributed by atoms with Crippen LogP contribution in [0.15, 0.2) is 79.0 Å². The topological polar surface area (TPSA) is 66.5 Å². The normalized spacial score (nSPS) is 11.7. The van der Waals surface area contributed by atoms with Gasteiger partial charge in [-0.15, -0.1) is 0 Å². The molecule has 0 spiro atoms. The first-order valence-electron chi connectivity index (χ1n) is 12.2. The molecule has 0 fully saturated rings. The third-order valence-electron chi connectivity index (χ3n) is 6.07. The van der Waals surface area contributed by atoms with Crippen LogP contribution in [0.25, 0.3) is 10.9 Å². The summed E-state index contributed by atoms with van der Waals surface area (Å²) in [6.45, 7) is 2.77. The SMILES string of the molecule is COc1cc(NC(C)CCCN(Cc2ccc(F)cc2)C(=O)Nc2ccccc2F)c2ncccc2c1. The van der Waals surface area contributed by atoms with Crippen molar-refractivity contribution < 1.29 is 18.3 Å². The lowest BCUT2D eigenvalue weighted by atomic mass is 10.1. The van der Waals surface area contributed by atoms with Gasteiger partial charge in [-0.1, -0.05) is 30.3 Å². The Morgan fingerprint density at radius 1 is 1.03 bits per heavy atom. The van der Waals surface area contributed by atoms with Gasteiger partial charge >= 0.3 is 6.03 Å². The third kappa shape index (κ3) is 6.94. The van der Waals surface area contributed by atoms with E-state index >= 15 is 0 Å². The number of hydrogen-bond acceptors (Lipinski definition) is 4. The average Bonchev–Trinajstić information content (AvgIpc) is 2.90. The van der Waals surface area contributed by atoms with Crippen LogP contribution in [0.2, 0.25) is 0 Å². The summed E-state index contributed by atoms with van der Waals surface area (Å²) >= 11 is 0. The Morgan fingerprint density at radius 3 is 2.57 bits per heavy atom. The number of fused-ring (bicyclic) bond motifs is 1. The number of carbonyl (C=O) groups excluding carboxylic acids is 1. The molecule has 4 aromatic rings. The highest BCUT2D eigenvalue weighted by Gasteiger charge is 2.17. The van der Waals surface area contributed by atoms with Gasteiger partial charge in [-0.25, -0.2) is 13.6 Å². The largest absolute Gasteiger partial charge is 0.497 e. The number of rotatable bonds is 10. The van der Waals surface area contributed by atoms with Crippen LogP contribution in [0.1, 0.15) is 25.3 Å². The minimum absolute atomic E-state index is 0.0830. The predicted octanol–water partition coefficient (Wildman–Crippen LogP) is 6.84. The van der Waals surface area contributed by atoms with E-state index in [1.54, 1.807) is 42.5 Å². The number of hydrogen-bond donors (Lipinski definition) is 2. The van der Waals surface area contributed by atoms with Crippen LogP contribution in [0.3, 0.4) is 0 Å². The van der Waals surface area contributed by atoms with Crippen molar-refractivity contribution in [3.63, 3.8) is 0 Å². The van der Waals surface area contributed by atoms with Crippen LogP contribution in [0, 0.1) is 11.6 Å². The highest BCUT2D eigenvalue weighted by atomic mass is 19.1. The van der Waals surface area contributed by atoms with E-state index in [4.69, 9.17) is 4.74 Å². The number of urea groups is 1. The second kappa shape index (κ2) is 12.2. The van der Waals surface area contributed by atoms with Crippen LogP contribution in [-0.4, -0.2) is 35.6 Å². The summed E-state index contributed by atoms with van der Waals surface area (Å²) in [5.74, 6) is -0.106. The second-order valence-electron chi connectivity index (χ2n) is 8.90. The van der Waals surface area contributed by atoms with E-state index in [1.165, 1.54) is 24.3 Å². The molecule has 6 nitrogen and oxygen atoms in total. The Labute approximate surface area is 215 Å². The van der Waals surface area contributed by atoms with Crippen molar-refractivity contribution in [2.45, 2.75) is 32.4 Å². The number of aromatic nitrogens is 1. The Morgan fingerprint density at radius 2 is 1.81 bits per heavy atom. The Hall–Kier alpha value is -4.20. The molecule has 1 heterocycles. The van der Waals surface area contributed by atoms with E-state index in [1.807, 2.05) is 24.3 Å². The zero-order valence-corrected chi connectivity index (χ0v) is 20.9. The molecule has 3 aromatic carbocycles. The smallest absolute Gasteiger partial charge is 0.322 e. The van der Waals surface area contributed by atoms with E-state index in [2.05, 4.69) is 22.5 Å². The molecule has 4 rings (SSSR count). The fourth-order valence-electron chi connectivity index (χ4n) is 4.14. The Kier molecular flexibility index (Phi) is 8.51. The number of nitrogens with zero attached hydrogens (tertiary/aromatic N) is 2. The van der Waals surface area contributed by atoms with Gasteiger partial charge in [-0.3, -0.25) is 4.98 Å². The van der Waals surface area contributed by atoms with Gasteiger partial charge in [0, 0.05) is 36.8 Å². The number of benzene rings is 3. The van der Waals surface area contributed by atoms with Gasteiger partial charge in [-0.2, -0.15) is 0 Å². The first-order chi connectivity index (χ1) is 17.9. The molecule has 2 amide bonds. The van der Waals surface area contributed by atoms with Crippen LogP contribution in [-0.2, 0) is 6.54 Å². The minimum atomic E-state index is -0.505. The van der Waals surface area contributed by atoms with Crippen molar-refractivity contribution in [3.05, 3.63) is 96.2 Å². The third-order valence-corrected chi connectivity index (χ3v) is 6.07. The van der Waals surface area contributed by atoms with Crippen molar-refractivity contribution in [2.75, 3.05) is 24.3 Å². The standard InChI is InChI=1S/C29H30F2N4O2/c1-20(33-27-18-24(37-2)17-22-8-5-15-32-28(22)27)7-6-16-35(19-21-11-13-23(30)14-12-21)29(36)34-26-10-4-3-9-25(26)31/h3-5,8-15,17-18,20,33H,6-7,16,19H2,1-2H3,(H,34,36). The number of nitrogens with one attached hydrogen (secondary N) is 2. The molecule has 0 saturated carbocycles. The van der Waals surface area contributed by atoms with Crippen LogP contribution < -0.4 is 15.4 Å². The second-order valence-corrected chi connectivity index (χ2v) is 8.90. The summed E-state index contributed by atoms with van der Waals surface area (Å²) in [5.41, 5.74) is 2.63. The summed E-state index contributed by atoms with van der Waals surface area (Å²) < 4.78 is 32.9. The van der Waals surface area contributed by atoms with Crippen LogP contribution in [0.5, 0.6) is 5.75 Å². The Bertz CT molecular complexity index is 1350. The quantitative estimate of drug-likeness (QED) is 0.248. The van der Waals surface area contributed by atoms with Crippen molar-refractivity contribution in [1.82, 2.24) is 9.88 Å². The lowest BCUT2D eigenvalue weighted by Gasteiger charge is -2.25. The molecule has 1 aromatic heterocycles. The van der Waals surface area contributed by atoms with Gasteiger partial charge < -0.3 is 20.3 Å². The van der Waals surface area contributed by atoms with E-state index < -0.39 is 11.8 Å². The van der Waals surface area contributed by atoms with Gasteiger partial charge in [0.15, 0.2) is 0 Å². The van der Waals surface area contributed by atoms with Gasteiger partial charge in [0.05, 0.1) is 24.0 Å². The molecule has 37 heavy (non-hydrogen) atoms. The van der Waals surface area contributed by atoms with Gasteiger partial charge in [0.1, 0.15) is 17.4 Å². The lowest BCUT2D eigenvalue weighted by molar-refractivity contribution is 0.207. The van der Waals surface area contributed by atoms with E-state index in [9.17, 15) is 13.6 Å². The maximum atomic E-state index is 14.1. The summed E-state index contributed by atoms with van der Waals surface area (Å²) in [6, 6.07) is 19.5. The maximum absolute atomic E-state index is 14.1. The molecular weight excluding hydrogens is 474 g/mol. The number of para-hydroxylation sites is 1. The molecule has 0 aliphatic carbocycles. The summed E-state index contributed by atoms with van der Waals surface area (Å²) in [7, 11) is 1.63. The van der Waals surface area contributed by atoms with Crippen molar-refractivity contribution >= 4 is 28.3 Å². The minimum Gasteiger partial charge on any atom is -0.497 e. The highest BCUT2D eigenvalue weighted by Crippen LogP contribution is 2.28. The van der Waals surface area contributed by atoms with E-state index in [-0.39, 0.29) is 24.1 Å². The monoisotopic (exact) mass is 504 g/mol. The average molecular weight is 505 g/mol. The van der Waals surface area contributed by atoms with Gasteiger partial charge in [0.2, 0.25) is 0 Å². The van der Waals surface area contributed by atoms with Crippen molar-refractivity contribution in [3.8, 4) is 5.75 Å². The molecule has 0 aliphatic heterocycles. The van der Waals surface area contributed by atoms with Crippen molar-refractivity contribution in [2.24, 2.45) is 0 Å². The number of carbonyl (C=O) groups is 1. The number of ether oxygens (including phenoxy) is 1. The highest BCUT2D eigenvalue weighted by molar-refractivity contribution is 5.92. The van der Waals surface area contributed by atoms with Crippen LogP contribution >= 0.6 is 0 Å². The van der Waals surface area contributed by atoms with Gasteiger partial charge in [0.25, 0.3) is 0 Å². The fraction of sp³-hybridized carbons (Fsp3) is 0.241. The van der Waals surface area contributed by atoms with Crippen molar-refractivity contribution in [1.29, 1.82) is 0 Å². The Balaban J connectivity index is 1.42. The molecule has 0 aliphatic rings. The number of pyridine rings is 1. The zero-order chi connectivity index (χ0) is 26.2. The first kappa shape index (κ1) is 25.9. The molecule has 0 radical (unpaired) electrons. The van der Waals surface area contributed by atoms with E-state index in [0.717, 1.165) is 34.3 Å². The first-order valence-corrected chi connectivity index (χ1v) is 12.2. The molecule has 1 unspecified atom stereocenters. The van der Waals surface area contributed by atoms with Crippen LogP contribution in [0.4, 0.5) is 25.0 Å². The van der Waals surface area contributed by atoms with Gasteiger partial charge in [-0.05, 0) is 61.7 Å². The molecule has 0 saturated heterocycles. The number of methoxy groups -OCH3 is 1. The molecule has 1 atom stereocenters. The van der Waals surface area contributed by atoms with E-state index in [0.29, 0.717) is 13.0 Å². The molecule has 0 bridgehead atoms. The number of anilines is 2. The molecule has 192 valence electrons. The maximum Gasteiger partial charge on any atom is 0.322 e. The summed E-state index contributed by atoms with van der Waals surface area (Å²) in [4.78, 5) is 19.2.